The number of nitrogens with zero attached hydrogens (tertiary/aromatic N) is 1. The summed E-state index contributed by atoms with van der Waals surface area (Å²) in [6.07, 6.45) is 2.55. The maximum Gasteiger partial charge on any atom is 0.341 e. The summed E-state index contributed by atoms with van der Waals surface area (Å²) in [6.45, 7) is 3.70. The van der Waals surface area contributed by atoms with E-state index in [-0.39, 0.29) is 24.0 Å². The summed E-state index contributed by atoms with van der Waals surface area (Å²) in [5.41, 5.74) is -0.886. The Kier molecular flexibility index (Phi) is 5.13. The molecule has 1 aromatic heterocycles. The minimum atomic E-state index is -1.39. The number of carbonyl (C=O) groups is 2. The molecule has 1 heterocycles. The number of rotatable bonds is 5. The van der Waals surface area contributed by atoms with E-state index in [0.29, 0.717) is 5.56 Å². The van der Waals surface area contributed by atoms with E-state index in [9.17, 15) is 18.8 Å². The van der Waals surface area contributed by atoms with Crippen molar-refractivity contribution < 1.29 is 19.1 Å². The minimum Gasteiger partial charge on any atom is -0.477 e. The van der Waals surface area contributed by atoms with Gasteiger partial charge in [0, 0.05) is 25.0 Å². The number of aromatic carboxylic acids is 1. The highest BCUT2D eigenvalue weighted by atomic mass is 19.1. The SMILES string of the molecule is CC(C)n1cc(C(=O)O)c(=O)c(C(=O)NCc2ccc(F)cc2)c1. The fourth-order valence-corrected chi connectivity index (χ4v) is 2.09. The summed E-state index contributed by atoms with van der Waals surface area (Å²) >= 11 is 0. The van der Waals surface area contributed by atoms with Gasteiger partial charge < -0.3 is 15.0 Å². The lowest BCUT2D eigenvalue weighted by Crippen LogP contribution is -2.32. The molecule has 2 aromatic rings. The molecule has 6 nitrogen and oxygen atoms in total. The maximum atomic E-state index is 12.9. The van der Waals surface area contributed by atoms with E-state index in [1.165, 1.54) is 41.2 Å². The fraction of sp³-hybridized carbons (Fsp3) is 0.235. The van der Waals surface area contributed by atoms with Crippen molar-refractivity contribution in [3.8, 4) is 0 Å². The van der Waals surface area contributed by atoms with Crippen LogP contribution in [0, 0.1) is 5.82 Å². The number of carboxylic acids is 1. The van der Waals surface area contributed by atoms with Crippen molar-refractivity contribution >= 4 is 11.9 Å². The highest BCUT2D eigenvalue weighted by Gasteiger charge is 2.19. The summed E-state index contributed by atoms with van der Waals surface area (Å²) < 4.78 is 14.4. The number of aromatic nitrogens is 1. The average Bonchev–Trinajstić information content (AvgIpc) is 2.53. The van der Waals surface area contributed by atoms with E-state index >= 15 is 0 Å². The van der Waals surface area contributed by atoms with Crippen LogP contribution in [0.2, 0.25) is 0 Å². The largest absolute Gasteiger partial charge is 0.477 e. The van der Waals surface area contributed by atoms with Gasteiger partial charge in [-0.25, -0.2) is 9.18 Å². The number of hydrogen-bond donors (Lipinski definition) is 2. The van der Waals surface area contributed by atoms with Gasteiger partial charge >= 0.3 is 5.97 Å². The van der Waals surface area contributed by atoms with Crippen molar-refractivity contribution in [3.05, 3.63) is 69.4 Å². The third kappa shape index (κ3) is 3.87. The van der Waals surface area contributed by atoms with Crippen LogP contribution in [-0.4, -0.2) is 21.6 Å². The summed E-state index contributed by atoms with van der Waals surface area (Å²) in [5, 5.41) is 11.7. The Morgan fingerprint density at radius 2 is 1.75 bits per heavy atom. The molecular weight excluding hydrogens is 315 g/mol. The summed E-state index contributed by atoms with van der Waals surface area (Å²) in [6, 6.07) is 5.43. The second-order valence-corrected chi connectivity index (χ2v) is 5.57. The van der Waals surface area contributed by atoms with Gasteiger partial charge in [-0.1, -0.05) is 12.1 Å². The molecule has 0 saturated carbocycles. The van der Waals surface area contributed by atoms with E-state index in [1.54, 1.807) is 13.8 Å². The Hall–Kier alpha value is -2.96. The van der Waals surface area contributed by atoms with Crippen molar-refractivity contribution in [3.63, 3.8) is 0 Å². The molecular formula is C17H17FN2O4. The van der Waals surface area contributed by atoms with Crippen LogP contribution in [0.25, 0.3) is 0 Å². The van der Waals surface area contributed by atoms with Gasteiger partial charge in [-0.15, -0.1) is 0 Å². The number of carboxylic acid groups (broad SMARTS) is 1. The number of hydrogen-bond acceptors (Lipinski definition) is 3. The van der Waals surface area contributed by atoms with E-state index in [0.717, 1.165) is 0 Å². The second kappa shape index (κ2) is 7.08. The average molecular weight is 332 g/mol. The lowest BCUT2D eigenvalue weighted by atomic mass is 10.1. The predicted molar refractivity (Wildman–Crippen MR) is 85.6 cm³/mol. The lowest BCUT2D eigenvalue weighted by Gasteiger charge is -2.14. The van der Waals surface area contributed by atoms with Gasteiger partial charge in [-0.3, -0.25) is 9.59 Å². The first-order chi connectivity index (χ1) is 11.3. The van der Waals surface area contributed by atoms with E-state index in [4.69, 9.17) is 5.11 Å². The molecule has 0 fully saturated rings. The number of halogens is 1. The number of amides is 1. The molecule has 0 aliphatic carbocycles. The quantitative estimate of drug-likeness (QED) is 0.878. The molecule has 7 heteroatoms. The molecule has 24 heavy (non-hydrogen) atoms. The van der Waals surface area contributed by atoms with E-state index in [1.807, 2.05) is 0 Å². The first-order valence-electron chi connectivity index (χ1n) is 7.31. The van der Waals surface area contributed by atoms with Gasteiger partial charge in [0.2, 0.25) is 5.43 Å². The maximum absolute atomic E-state index is 12.9. The van der Waals surface area contributed by atoms with Gasteiger partial charge in [-0.2, -0.15) is 0 Å². The van der Waals surface area contributed by atoms with Gasteiger partial charge in [0.15, 0.2) is 0 Å². The molecule has 0 atom stereocenters. The normalized spacial score (nSPS) is 10.7. The molecule has 0 bridgehead atoms. The zero-order chi connectivity index (χ0) is 17.9. The van der Waals surface area contributed by atoms with E-state index < -0.39 is 22.9 Å². The van der Waals surface area contributed by atoms with Crippen LogP contribution in [0.1, 0.15) is 46.2 Å². The Balaban J connectivity index is 2.29. The van der Waals surface area contributed by atoms with Crippen LogP contribution in [0.4, 0.5) is 4.39 Å². The van der Waals surface area contributed by atoms with Crippen molar-refractivity contribution in [2.45, 2.75) is 26.4 Å². The standard InChI is InChI=1S/C17H17FN2O4/c1-10(2)20-8-13(15(21)14(9-20)17(23)24)16(22)19-7-11-3-5-12(18)6-4-11/h3-6,8-10H,7H2,1-2H3,(H,19,22)(H,23,24). The molecule has 0 saturated heterocycles. The van der Waals surface area contributed by atoms with Crippen molar-refractivity contribution in [1.82, 2.24) is 9.88 Å². The third-order valence-corrected chi connectivity index (χ3v) is 3.48. The molecule has 1 aromatic carbocycles. The molecule has 0 aliphatic heterocycles. The molecule has 2 N–H and O–H groups in total. The van der Waals surface area contributed by atoms with Crippen LogP contribution >= 0.6 is 0 Å². The summed E-state index contributed by atoms with van der Waals surface area (Å²) in [7, 11) is 0. The number of pyridine rings is 1. The molecule has 126 valence electrons. The van der Waals surface area contributed by atoms with Gasteiger partial charge in [0.25, 0.3) is 5.91 Å². The van der Waals surface area contributed by atoms with Crippen molar-refractivity contribution in [1.29, 1.82) is 0 Å². The van der Waals surface area contributed by atoms with Crippen LogP contribution < -0.4 is 10.7 Å². The molecule has 2 rings (SSSR count). The summed E-state index contributed by atoms with van der Waals surface area (Å²) in [4.78, 5) is 35.6. The number of nitrogens with one attached hydrogen (secondary N) is 1. The van der Waals surface area contributed by atoms with Crippen LogP contribution in [0.15, 0.2) is 41.5 Å². The molecule has 0 unspecified atom stereocenters. The van der Waals surface area contributed by atoms with Gasteiger partial charge in [0.1, 0.15) is 16.9 Å². The number of benzene rings is 1. The molecule has 0 radical (unpaired) electrons. The van der Waals surface area contributed by atoms with Crippen LogP contribution in [0.3, 0.4) is 0 Å². The zero-order valence-corrected chi connectivity index (χ0v) is 13.2. The van der Waals surface area contributed by atoms with Crippen molar-refractivity contribution in [2.75, 3.05) is 0 Å². The van der Waals surface area contributed by atoms with Gasteiger partial charge in [0.05, 0.1) is 0 Å². The monoisotopic (exact) mass is 332 g/mol. The second-order valence-electron chi connectivity index (χ2n) is 5.57. The van der Waals surface area contributed by atoms with E-state index in [2.05, 4.69) is 5.32 Å². The zero-order valence-electron chi connectivity index (χ0n) is 13.2. The minimum absolute atomic E-state index is 0.0948. The first-order valence-corrected chi connectivity index (χ1v) is 7.31. The smallest absolute Gasteiger partial charge is 0.341 e. The predicted octanol–water partition coefficient (Wildman–Crippen LogP) is 2.20. The van der Waals surface area contributed by atoms with Crippen LogP contribution in [0.5, 0.6) is 0 Å². The lowest BCUT2D eigenvalue weighted by molar-refractivity contribution is 0.0694. The third-order valence-electron chi connectivity index (χ3n) is 3.48. The highest BCUT2D eigenvalue weighted by molar-refractivity contribution is 5.96. The van der Waals surface area contributed by atoms with Gasteiger partial charge in [-0.05, 0) is 31.5 Å². The Bertz CT molecular complexity index is 825. The molecule has 1 amide bonds. The fourth-order valence-electron chi connectivity index (χ4n) is 2.09. The van der Waals surface area contributed by atoms with Crippen LogP contribution in [-0.2, 0) is 6.54 Å². The Labute approximate surface area is 137 Å². The number of carbonyl (C=O) groups excluding carboxylic acids is 1. The Morgan fingerprint density at radius 3 is 2.29 bits per heavy atom. The summed E-state index contributed by atoms with van der Waals surface area (Å²) in [5.74, 6) is -2.46. The Morgan fingerprint density at radius 1 is 1.17 bits per heavy atom. The van der Waals surface area contributed by atoms with Crippen molar-refractivity contribution in [2.24, 2.45) is 0 Å². The first kappa shape index (κ1) is 17.4. The topological polar surface area (TPSA) is 88.4 Å². The highest BCUT2D eigenvalue weighted by Crippen LogP contribution is 2.08. The molecule has 0 aliphatic rings. The molecule has 0 spiro atoms.